The lowest BCUT2D eigenvalue weighted by Crippen LogP contribution is -2.05. The summed E-state index contributed by atoms with van der Waals surface area (Å²) in [6.45, 7) is 0. The summed E-state index contributed by atoms with van der Waals surface area (Å²) in [5.74, 6) is -0.413. The maximum atomic E-state index is 11.3. The van der Waals surface area contributed by atoms with Gasteiger partial charge in [0.05, 0.1) is 18.2 Å². The Morgan fingerprint density at radius 1 is 1.50 bits per heavy atom. The highest BCUT2D eigenvalue weighted by Gasteiger charge is 2.14. The van der Waals surface area contributed by atoms with Crippen LogP contribution >= 0.6 is 45.2 Å². The van der Waals surface area contributed by atoms with Crippen LogP contribution in [0, 0.1) is 18.5 Å². The Hall–Kier alpha value is -0.360. The number of ether oxygens (including phenoxy) is 1. The summed E-state index contributed by atoms with van der Waals surface area (Å²) in [5.41, 5.74) is 0.939. The number of hydrogen-bond acceptors (Lipinski definition) is 3. The predicted molar refractivity (Wildman–Crippen MR) is 67.9 cm³/mol. The molecular weight excluding hydrogens is 408 g/mol. The number of rotatable bonds is 1. The van der Waals surface area contributed by atoms with E-state index in [0.29, 0.717) is 14.7 Å². The van der Waals surface area contributed by atoms with E-state index in [-0.39, 0.29) is 0 Å². The van der Waals surface area contributed by atoms with Crippen LogP contribution < -0.4 is 0 Å². The zero-order valence-electron chi connectivity index (χ0n) is 7.17. The normalized spacial score (nSPS) is 9.29. The smallest absolute Gasteiger partial charge is 0.339 e. The molecule has 1 aromatic rings. The zero-order chi connectivity index (χ0) is 10.7. The lowest BCUT2D eigenvalue weighted by atomic mass is 10.1. The number of halogens is 2. The molecule has 14 heavy (non-hydrogen) atoms. The zero-order valence-corrected chi connectivity index (χ0v) is 11.5. The molecule has 0 unspecified atom stereocenters. The van der Waals surface area contributed by atoms with Crippen molar-refractivity contribution in [3.8, 4) is 6.07 Å². The van der Waals surface area contributed by atoms with Crippen LogP contribution in [0.25, 0.3) is 0 Å². The Labute approximate surface area is 109 Å². The van der Waals surface area contributed by atoms with Crippen LogP contribution in [0.2, 0.25) is 0 Å². The fraction of sp³-hybridized carbons (Fsp3) is 0.111. The van der Waals surface area contributed by atoms with E-state index in [0.717, 1.165) is 3.57 Å². The molecule has 1 rings (SSSR count). The van der Waals surface area contributed by atoms with Crippen LogP contribution in [0.4, 0.5) is 0 Å². The number of nitriles is 1. The minimum atomic E-state index is -0.413. The molecular formula is C9H5I2NO2. The summed E-state index contributed by atoms with van der Waals surface area (Å²) < 4.78 is 6.10. The Kier molecular flexibility index (Phi) is 4.12. The van der Waals surface area contributed by atoms with Gasteiger partial charge < -0.3 is 4.74 Å². The number of nitrogens with zero attached hydrogens (tertiary/aromatic N) is 1. The van der Waals surface area contributed by atoms with E-state index in [4.69, 9.17) is 5.26 Å². The van der Waals surface area contributed by atoms with E-state index in [1.54, 1.807) is 12.1 Å². The average molecular weight is 413 g/mol. The van der Waals surface area contributed by atoms with Crippen molar-refractivity contribution in [2.24, 2.45) is 0 Å². The van der Waals surface area contributed by atoms with Gasteiger partial charge in [-0.2, -0.15) is 5.26 Å². The van der Waals surface area contributed by atoms with E-state index in [1.165, 1.54) is 7.11 Å². The molecule has 0 fully saturated rings. The van der Waals surface area contributed by atoms with Gasteiger partial charge in [0.1, 0.15) is 6.07 Å². The molecule has 0 saturated heterocycles. The monoisotopic (exact) mass is 413 g/mol. The molecule has 0 heterocycles. The Morgan fingerprint density at radius 2 is 2.14 bits per heavy atom. The van der Waals surface area contributed by atoms with E-state index in [2.05, 4.69) is 27.3 Å². The lowest BCUT2D eigenvalue weighted by Gasteiger charge is -2.04. The Morgan fingerprint density at radius 3 is 2.64 bits per heavy atom. The van der Waals surface area contributed by atoms with Gasteiger partial charge in [0.25, 0.3) is 0 Å². The van der Waals surface area contributed by atoms with Crippen molar-refractivity contribution in [2.75, 3.05) is 7.11 Å². The molecule has 0 aliphatic rings. The molecule has 5 heteroatoms. The fourth-order valence-corrected chi connectivity index (χ4v) is 2.20. The maximum Gasteiger partial charge on any atom is 0.339 e. The number of hydrogen-bond donors (Lipinski definition) is 0. The SMILES string of the molecule is COC(=O)c1cc(I)cc(C#N)c1I. The first-order valence-corrected chi connectivity index (χ1v) is 5.73. The molecule has 0 N–H and O–H groups in total. The van der Waals surface area contributed by atoms with Crippen LogP contribution in [0.1, 0.15) is 15.9 Å². The molecule has 0 aromatic heterocycles. The third-order valence-corrected chi connectivity index (χ3v) is 3.35. The Balaban J connectivity index is 3.38. The highest BCUT2D eigenvalue weighted by molar-refractivity contribution is 14.1. The van der Waals surface area contributed by atoms with E-state index in [9.17, 15) is 4.79 Å². The third kappa shape index (κ3) is 2.36. The van der Waals surface area contributed by atoms with Crippen LogP contribution in [0.3, 0.4) is 0 Å². The summed E-state index contributed by atoms with van der Waals surface area (Å²) >= 11 is 4.03. The first-order chi connectivity index (χ1) is 6.60. The molecule has 0 amide bonds. The van der Waals surface area contributed by atoms with Gasteiger partial charge in [-0.3, -0.25) is 0 Å². The number of carbonyl (C=O) groups is 1. The molecule has 0 atom stereocenters. The second-order valence-electron chi connectivity index (χ2n) is 2.42. The van der Waals surface area contributed by atoms with Gasteiger partial charge in [0, 0.05) is 7.14 Å². The van der Waals surface area contributed by atoms with Crippen molar-refractivity contribution in [1.82, 2.24) is 0 Å². The van der Waals surface area contributed by atoms with Gasteiger partial charge in [0.15, 0.2) is 0 Å². The summed E-state index contributed by atoms with van der Waals surface area (Å²) in [5, 5.41) is 8.81. The second-order valence-corrected chi connectivity index (χ2v) is 4.74. The van der Waals surface area contributed by atoms with Crippen molar-refractivity contribution in [3.05, 3.63) is 30.4 Å². The number of carbonyl (C=O) groups excluding carboxylic acids is 1. The summed E-state index contributed by atoms with van der Waals surface area (Å²) in [4.78, 5) is 11.3. The lowest BCUT2D eigenvalue weighted by molar-refractivity contribution is 0.0599. The molecule has 72 valence electrons. The molecule has 0 bridgehead atoms. The molecule has 0 saturated carbocycles. The highest BCUT2D eigenvalue weighted by Crippen LogP contribution is 2.21. The summed E-state index contributed by atoms with van der Waals surface area (Å²) in [6, 6.07) is 5.47. The van der Waals surface area contributed by atoms with Gasteiger partial charge >= 0.3 is 5.97 Å². The van der Waals surface area contributed by atoms with E-state index < -0.39 is 5.97 Å². The number of methoxy groups -OCH3 is 1. The van der Waals surface area contributed by atoms with E-state index >= 15 is 0 Å². The van der Waals surface area contributed by atoms with Crippen molar-refractivity contribution < 1.29 is 9.53 Å². The standard InChI is InChI=1S/C9H5I2NO2/c1-14-9(13)7-3-6(10)2-5(4-12)8(7)11/h2-3H,1H3. The van der Waals surface area contributed by atoms with Gasteiger partial charge in [-0.25, -0.2) is 4.79 Å². The quantitative estimate of drug-likeness (QED) is 0.526. The van der Waals surface area contributed by atoms with Crippen molar-refractivity contribution >= 4 is 51.2 Å². The number of benzene rings is 1. The van der Waals surface area contributed by atoms with Gasteiger partial charge in [-0.15, -0.1) is 0 Å². The van der Waals surface area contributed by atoms with Crippen LogP contribution in [-0.4, -0.2) is 13.1 Å². The largest absolute Gasteiger partial charge is 0.465 e. The maximum absolute atomic E-state index is 11.3. The predicted octanol–water partition coefficient (Wildman–Crippen LogP) is 2.55. The topological polar surface area (TPSA) is 50.1 Å². The molecule has 0 aliphatic carbocycles. The van der Waals surface area contributed by atoms with Crippen molar-refractivity contribution in [3.63, 3.8) is 0 Å². The first-order valence-electron chi connectivity index (χ1n) is 3.57. The molecule has 0 spiro atoms. The minimum absolute atomic E-state index is 0.413. The summed E-state index contributed by atoms with van der Waals surface area (Å²) in [6.07, 6.45) is 0. The molecule has 1 aromatic carbocycles. The molecule has 0 aliphatic heterocycles. The van der Waals surface area contributed by atoms with Gasteiger partial charge in [-0.05, 0) is 57.3 Å². The Bertz CT molecular complexity index is 424. The first kappa shape index (κ1) is 11.7. The van der Waals surface area contributed by atoms with Gasteiger partial charge in [0.2, 0.25) is 0 Å². The van der Waals surface area contributed by atoms with Crippen LogP contribution in [0.15, 0.2) is 12.1 Å². The molecule has 0 radical (unpaired) electrons. The highest BCUT2D eigenvalue weighted by atomic mass is 127. The third-order valence-electron chi connectivity index (χ3n) is 1.56. The second kappa shape index (κ2) is 4.93. The van der Waals surface area contributed by atoms with Crippen LogP contribution in [-0.2, 0) is 4.74 Å². The van der Waals surface area contributed by atoms with Crippen molar-refractivity contribution in [2.45, 2.75) is 0 Å². The van der Waals surface area contributed by atoms with Gasteiger partial charge in [-0.1, -0.05) is 0 Å². The minimum Gasteiger partial charge on any atom is -0.465 e. The fourth-order valence-electron chi connectivity index (χ4n) is 0.929. The summed E-state index contributed by atoms with van der Waals surface area (Å²) in [7, 11) is 1.32. The number of esters is 1. The van der Waals surface area contributed by atoms with Crippen molar-refractivity contribution in [1.29, 1.82) is 5.26 Å². The van der Waals surface area contributed by atoms with E-state index in [1.807, 2.05) is 28.7 Å². The van der Waals surface area contributed by atoms with Crippen LogP contribution in [0.5, 0.6) is 0 Å². The average Bonchev–Trinajstić information content (AvgIpc) is 2.19. The molecule has 3 nitrogen and oxygen atoms in total.